The first kappa shape index (κ1) is 13.4. The standard InChI is InChI=1S/C17H21NO2/c1-12(18)15-7-6-14-4-2-3-5-16(14)17(15)20-11-13-8-9-19-10-13/h2-7,12-13H,8-11,18H2,1H3/t12-,13?/m1/s1. The van der Waals surface area contributed by atoms with Crippen molar-refractivity contribution in [1.29, 1.82) is 0 Å². The number of rotatable bonds is 4. The molecule has 0 radical (unpaired) electrons. The summed E-state index contributed by atoms with van der Waals surface area (Å²) < 4.78 is 11.5. The van der Waals surface area contributed by atoms with Crippen LogP contribution in [0.5, 0.6) is 5.75 Å². The summed E-state index contributed by atoms with van der Waals surface area (Å²) in [6, 6.07) is 12.4. The van der Waals surface area contributed by atoms with Crippen molar-refractivity contribution in [3.8, 4) is 5.75 Å². The Hall–Kier alpha value is -1.58. The minimum absolute atomic E-state index is 0.0329. The van der Waals surface area contributed by atoms with Crippen LogP contribution in [0.3, 0.4) is 0 Å². The molecule has 3 rings (SSSR count). The highest BCUT2D eigenvalue weighted by atomic mass is 16.5. The van der Waals surface area contributed by atoms with Crippen LogP contribution in [0.1, 0.15) is 24.9 Å². The third-order valence-electron chi connectivity index (χ3n) is 3.89. The predicted molar refractivity (Wildman–Crippen MR) is 81.0 cm³/mol. The SMILES string of the molecule is C[C@@H](N)c1ccc2ccccc2c1OCC1CCOC1. The molecule has 0 bridgehead atoms. The van der Waals surface area contributed by atoms with Crippen molar-refractivity contribution >= 4 is 10.8 Å². The number of hydrogen-bond acceptors (Lipinski definition) is 3. The number of ether oxygens (including phenoxy) is 2. The lowest BCUT2D eigenvalue weighted by atomic mass is 10.0. The lowest BCUT2D eigenvalue weighted by Gasteiger charge is -2.18. The Balaban J connectivity index is 1.94. The zero-order valence-corrected chi connectivity index (χ0v) is 11.8. The summed E-state index contributed by atoms with van der Waals surface area (Å²) in [6.07, 6.45) is 1.08. The largest absolute Gasteiger partial charge is 0.492 e. The van der Waals surface area contributed by atoms with E-state index in [9.17, 15) is 0 Å². The lowest BCUT2D eigenvalue weighted by molar-refractivity contribution is 0.167. The summed E-state index contributed by atoms with van der Waals surface area (Å²) in [5, 5.41) is 2.33. The van der Waals surface area contributed by atoms with Crippen molar-refractivity contribution in [2.24, 2.45) is 11.7 Å². The van der Waals surface area contributed by atoms with E-state index in [1.165, 1.54) is 5.39 Å². The van der Waals surface area contributed by atoms with Gasteiger partial charge in [0.1, 0.15) is 5.75 Å². The molecule has 3 nitrogen and oxygen atoms in total. The van der Waals surface area contributed by atoms with E-state index in [4.69, 9.17) is 15.2 Å². The predicted octanol–water partition coefficient (Wildman–Crippen LogP) is 3.27. The van der Waals surface area contributed by atoms with Crippen LogP contribution in [-0.4, -0.2) is 19.8 Å². The van der Waals surface area contributed by atoms with Gasteiger partial charge in [-0.15, -0.1) is 0 Å². The van der Waals surface area contributed by atoms with E-state index >= 15 is 0 Å². The molecule has 2 aromatic carbocycles. The Morgan fingerprint density at radius 3 is 2.90 bits per heavy atom. The van der Waals surface area contributed by atoms with Crippen LogP contribution in [-0.2, 0) is 4.74 Å². The summed E-state index contributed by atoms with van der Waals surface area (Å²) in [5.41, 5.74) is 7.16. The van der Waals surface area contributed by atoms with E-state index < -0.39 is 0 Å². The molecule has 0 saturated carbocycles. The van der Waals surface area contributed by atoms with Crippen molar-refractivity contribution in [3.05, 3.63) is 42.0 Å². The molecule has 3 heteroatoms. The van der Waals surface area contributed by atoms with Gasteiger partial charge in [0, 0.05) is 29.5 Å². The molecule has 1 aliphatic rings. The molecular weight excluding hydrogens is 250 g/mol. The first-order valence-electron chi connectivity index (χ1n) is 7.23. The maximum absolute atomic E-state index is 6.14. The Bertz CT molecular complexity index is 589. The summed E-state index contributed by atoms with van der Waals surface area (Å²) in [6.45, 7) is 4.35. The van der Waals surface area contributed by atoms with Crippen molar-refractivity contribution in [2.45, 2.75) is 19.4 Å². The van der Waals surface area contributed by atoms with E-state index in [0.29, 0.717) is 12.5 Å². The average molecular weight is 271 g/mol. The molecule has 20 heavy (non-hydrogen) atoms. The second-order valence-corrected chi connectivity index (χ2v) is 5.53. The number of fused-ring (bicyclic) bond motifs is 1. The third-order valence-corrected chi connectivity index (χ3v) is 3.89. The zero-order valence-electron chi connectivity index (χ0n) is 11.8. The minimum atomic E-state index is -0.0329. The molecular formula is C17H21NO2. The summed E-state index contributed by atoms with van der Waals surface area (Å²) in [4.78, 5) is 0. The molecule has 0 amide bonds. The molecule has 2 atom stereocenters. The van der Waals surface area contributed by atoms with Gasteiger partial charge >= 0.3 is 0 Å². The quantitative estimate of drug-likeness (QED) is 0.928. The van der Waals surface area contributed by atoms with Crippen LogP contribution in [0.15, 0.2) is 36.4 Å². The number of nitrogens with two attached hydrogens (primary N) is 1. The highest BCUT2D eigenvalue weighted by molar-refractivity contribution is 5.89. The Morgan fingerprint density at radius 1 is 1.30 bits per heavy atom. The van der Waals surface area contributed by atoms with Gasteiger partial charge in [-0.25, -0.2) is 0 Å². The highest BCUT2D eigenvalue weighted by Gasteiger charge is 2.18. The first-order chi connectivity index (χ1) is 9.75. The van der Waals surface area contributed by atoms with Gasteiger partial charge in [0.15, 0.2) is 0 Å². The molecule has 106 valence electrons. The Labute approximate surface area is 119 Å². The highest BCUT2D eigenvalue weighted by Crippen LogP contribution is 2.33. The molecule has 0 aliphatic carbocycles. The molecule has 1 aliphatic heterocycles. The second-order valence-electron chi connectivity index (χ2n) is 5.53. The van der Waals surface area contributed by atoms with Crippen molar-refractivity contribution in [2.75, 3.05) is 19.8 Å². The van der Waals surface area contributed by atoms with Crippen molar-refractivity contribution in [1.82, 2.24) is 0 Å². The van der Waals surface area contributed by atoms with Crippen molar-refractivity contribution < 1.29 is 9.47 Å². The fourth-order valence-corrected chi connectivity index (χ4v) is 2.70. The van der Waals surface area contributed by atoms with Crippen LogP contribution in [0, 0.1) is 5.92 Å². The smallest absolute Gasteiger partial charge is 0.131 e. The minimum Gasteiger partial charge on any atom is -0.492 e. The number of hydrogen-bond donors (Lipinski definition) is 1. The van der Waals surface area contributed by atoms with E-state index in [1.54, 1.807) is 0 Å². The molecule has 0 spiro atoms. The van der Waals surface area contributed by atoms with Gasteiger partial charge in [-0.3, -0.25) is 0 Å². The van der Waals surface area contributed by atoms with Crippen LogP contribution in [0.2, 0.25) is 0 Å². The van der Waals surface area contributed by atoms with Gasteiger partial charge in [-0.1, -0.05) is 36.4 Å². The van der Waals surface area contributed by atoms with Gasteiger partial charge < -0.3 is 15.2 Å². The maximum Gasteiger partial charge on any atom is 0.131 e. The Kier molecular flexibility index (Phi) is 3.90. The van der Waals surface area contributed by atoms with E-state index in [2.05, 4.69) is 24.3 Å². The molecule has 1 heterocycles. The van der Waals surface area contributed by atoms with Crippen molar-refractivity contribution in [3.63, 3.8) is 0 Å². The van der Waals surface area contributed by atoms with Gasteiger partial charge in [0.2, 0.25) is 0 Å². The van der Waals surface area contributed by atoms with E-state index in [-0.39, 0.29) is 6.04 Å². The van der Waals surface area contributed by atoms with Gasteiger partial charge in [-0.05, 0) is 18.7 Å². The fraction of sp³-hybridized carbons (Fsp3) is 0.412. The molecule has 0 aromatic heterocycles. The monoisotopic (exact) mass is 271 g/mol. The fourth-order valence-electron chi connectivity index (χ4n) is 2.70. The van der Waals surface area contributed by atoms with Crippen LogP contribution in [0.4, 0.5) is 0 Å². The maximum atomic E-state index is 6.14. The summed E-state index contributed by atoms with van der Waals surface area (Å²) in [5.74, 6) is 1.43. The van der Waals surface area contributed by atoms with Crippen LogP contribution < -0.4 is 10.5 Å². The van der Waals surface area contributed by atoms with Gasteiger partial charge in [-0.2, -0.15) is 0 Å². The van der Waals surface area contributed by atoms with Gasteiger partial charge in [0.05, 0.1) is 13.2 Å². The van der Waals surface area contributed by atoms with E-state index in [0.717, 1.165) is 36.3 Å². The molecule has 2 N–H and O–H groups in total. The molecule has 2 aromatic rings. The normalized spacial score (nSPS) is 20.2. The Morgan fingerprint density at radius 2 is 2.15 bits per heavy atom. The van der Waals surface area contributed by atoms with Crippen LogP contribution >= 0.6 is 0 Å². The zero-order chi connectivity index (χ0) is 13.9. The summed E-state index contributed by atoms with van der Waals surface area (Å²) >= 11 is 0. The van der Waals surface area contributed by atoms with Crippen LogP contribution in [0.25, 0.3) is 10.8 Å². The van der Waals surface area contributed by atoms with Gasteiger partial charge in [0.25, 0.3) is 0 Å². The second kappa shape index (κ2) is 5.81. The number of benzene rings is 2. The summed E-state index contributed by atoms with van der Waals surface area (Å²) in [7, 11) is 0. The molecule has 1 fully saturated rings. The average Bonchev–Trinajstić information content (AvgIpc) is 2.97. The first-order valence-corrected chi connectivity index (χ1v) is 7.23. The molecule has 1 unspecified atom stereocenters. The third kappa shape index (κ3) is 2.65. The van der Waals surface area contributed by atoms with E-state index in [1.807, 2.05) is 19.1 Å². The molecule has 1 saturated heterocycles. The lowest BCUT2D eigenvalue weighted by Crippen LogP contribution is -2.14. The topological polar surface area (TPSA) is 44.5 Å².